The highest BCUT2D eigenvalue weighted by Crippen LogP contribution is 2.24. The number of nitrogens with zero attached hydrogens (tertiary/aromatic N) is 1. The van der Waals surface area contributed by atoms with Crippen LogP contribution in [0.15, 0.2) is 78.9 Å². The van der Waals surface area contributed by atoms with Crippen molar-refractivity contribution >= 4 is 24.5 Å². The van der Waals surface area contributed by atoms with E-state index in [2.05, 4.69) is 37.1 Å². The normalized spacial score (nSPS) is 10.4. The van der Waals surface area contributed by atoms with Gasteiger partial charge in [-0.1, -0.05) is 61.3 Å². The molecule has 0 heterocycles. The van der Waals surface area contributed by atoms with E-state index in [1.807, 2.05) is 36.4 Å². The van der Waals surface area contributed by atoms with Crippen LogP contribution >= 0.6 is 12.8 Å². The van der Waals surface area contributed by atoms with Crippen LogP contribution in [0.25, 0.3) is 11.1 Å². The largest absolute Gasteiger partial charge is 0.494 e. The SMILES string of the molecule is NC(=O)N(S)c1cccc(OCCCCCOc2cccc(-c3ccccc3)c2)c1. The number of benzene rings is 3. The van der Waals surface area contributed by atoms with Crippen molar-refractivity contribution in [2.45, 2.75) is 19.3 Å². The maximum atomic E-state index is 11.2. The molecule has 0 bridgehead atoms. The van der Waals surface area contributed by atoms with Gasteiger partial charge in [-0.25, -0.2) is 9.10 Å². The third-order valence-electron chi connectivity index (χ3n) is 4.54. The van der Waals surface area contributed by atoms with E-state index in [1.54, 1.807) is 18.2 Å². The predicted molar refractivity (Wildman–Crippen MR) is 124 cm³/mol. The number of thiol groups is 1. The molecule has 2 amide bonds. The Kier molecular flexibility index (Phi) is 8.03. The molecule has 0 atom stereocenters. The number of hydrogen-bond acceptors (Lipinski definition) is 4. The second-order valence-corrected chi connectivity index (χ2v) is 7.20. The number of carbonyl (C=O) groups is 1. The smallest absolute Gasteiger partial charge is 0.329 e. The molecule has 0 fully saturated rings. The molecule has 0 saturated heterocycles. The van der Waals surface area contributed by atoms with Crippen molar-refractivity contribution in [1.82, 2.24) is 0 Å². The average Bonchev–Trinajstić information content (AvgIpc) is 2.79. The number of nitrogens with two attached hydrogens (primary N) is 1. The zero-order chi connectivity index (χ0) is 21.2. The van der Waals surface area contributed by atoms with Gasteiger partial charge >= 0.3 is 6.03 Å². The summed E-state index contributed by atoms with van der Waals surface area (Å²) in [5, 5.41) is 0. The minimum absolute atomic E-state index is 0.578. The Morgan fingerprint density at radius 2 is 1.37 bits per heavy atom. The molecule has 156 valence electrons. The molecule has 0 aliphatic heterocycles. The maximum absolute atomic E-state index is 11.2. The van der Waals surface area contributed by atoms with Gasteiger partial charge in [-0.3, -0.25) is 0 Å². The zero-order valence-corrected chi connectivity index (χ0v) is 17.6. The van der Waals surface area contributed by atoms with E-state index in [9.17, 15) is 4.79 Å². The average molecular weight is 423 g/mol. The summed E-state index contributed by atoms with van der Waals surface area (Å²) in [6, 6.07) is 24.9. The van der Waals surface area contributed by atoms with E-state index in [0.29, 0.717) is 24.7 Å². The van der Waals surface area contributed by atoms with E-state index in [-0.39, 0.29) is 0 Å². The molecule has 5 nitrogen and oxygen atoms in total. The molecular weight excluding hydrogens is 396 g/mol. The van der Waals surface area contributed by atoms with Crippen molar-refractivity contribution in [2.75, 3.05) is 17.5 Å². The van der Waals surface area contributed by atoms with Gasteiger partial charge in [0.2, 0.25) is 0 Å². The van der Waals surface area contributed by atoms with Gasteiger partial charge in [-0.15, -0.1) is 0 Å². The summed E-state index contributed by atoms with van der Waals surface area (Å²) in [5.74, 6) is 1.57. The molecule has 0 aromatic heterocycles. The molecule has 6 heteroatoms. The summed E-state index contributed by atoms with van der Waals surface area (Å²) in [5.41, 5.74) is 8.14. The Balaban J connectivity index is 1.36. The van der Waals surface area contributed by atoms with Crippen LogP contribution < -0.4 is 19.5 Å². The van der Waals surface area contributed by atoms with Crippen molar-refractivity contribution in [3.05, 3.63) is 78.9 Å². The molecule has 3 aromatic carbocycles. The van der Waals surface area contributed by atoms with Gasteiger partial charge in [0.25, 0.3) is 0 Å². The first-order chi connectivity index (χ1) is 14.6. The van der Waals surface area contributed by atoms with Crippen LogP contribution in [0.4, 0.5) is 10.5 Å². The number of rotatable bonds is 10. The van der Waals surface area contributed by atoms with E-state index in [1.165, 1.54) is 5.56 Å². The summed E-state index contributed by atoms with van der Waals surface area (Å²) in [4.78, 5) is 11.2. The van der Waals surface area contributed by atoms with Crippen LogP contribution in [0.3, 0.4) is 0 Å². The maximum Gasteiger partial charge on any atom is 0.329 e. The number of urea groups is 1. The third kappa shape index (κ3) is 6.46. The number of hydrogen-bond donors (Lipinski definition) is 2. The Morgan fingerprint density at radius 3 is 2.03 bits per heavy atom. The van der Waals surface area contributed by atoms with E-state index < -0.39 is 6.03 Å². The first-order valence-electron chi connectivity index (χ1n) is 9.93. The standard InChI is InChI=1S/C24H26N2O3S/c25-24(27)26(30)21-12-8-14-23(18-21)29-16-6-2-5-15-28-22-13-7-11-20(17-22)19-9-3-1-4-10-19/h1,3-4,7-14,17-18,30H,2,5-6,15-16H2,(H2,25,27). The fourth-order valence-electron chi connectivity index (χ4n) is 2.99. The molecule has 0 radical (unpaired) electrons. The van der Waals surface area contributed by atoms with Gasteiger partial charge < -0.3 is 15.2 Å². The van der Waals surface area contributed by atoms with Crippen molar-refractivity contribution in [1.29, 1.82) is 0 Å². The van der Waals surface area contributed by atoms with Crippen molar-refractivity contribution in [3.8, 4) is 22.6 Å². The summed E-state index contributed by atoms with van der Waals surface area (Å²) < 4.78 is 12.7. The highest BCUT2D eigenvalue weighted by Gasteiger charge is 2.08. The van der Waals surface area contributed by atoms with Crippen LogP contribution in [0, 0.1) is 0 Å². The lowest BCUT2D eigenvalue weighted by atomic mass is 10.1. The minimum Gasteiger partial charge on any atom is -0.494 e. The Morgan fingerprint density at radius 1 is 0.767 bits per heavy atom. The van der Waals surface area contributed by atoms with Crippen molar-refractivity contribution < 1.29 is 14.3 Å². The molecule has 0 aliphatic rings. The molecule has 3 aromatic rings. The highest BCUT2D eigenvalue weighted by atomic mass is 32.1. The lowest BCUT2D eigenvalue weighted by Crippen LogP contribution is -2.27. The molecule has 0 unspecified atom stereocenters. The van der Waals surface area contributed by atoms with Crippen LogP contribution in [0.1, 0.15) is 19.3 Å². The van der Waals surface area contributed by atoms with Gasteiger partial charge in [-0.05, 0) is 54.7 Å². The van der Waals surface area contributed by atoms with Gasteiger partial charge in [0, 0.05) is 6.07 Å². The molecule has 0 aliphatic carbocycles. The van der Waals surface area contributed by atoms with Crippen LogP contribution in [-0.2, 0) is 0 Å². The fourth-order valence-corrected chi connectivity index (χ4v) is 3.11. The molecule has 3 rings (SSSR count). The van der Waals surface area contributed by atoms with Gasteiger partial charge in [-0.2, -0.15) is 0 Å². The second-order valence-electron chi connectivity index (χ2n) is 6.80. The Labute approximate surface area is 183 Å². The molecule has 0 saturated carbocycles. The minimum atomic E-state index is -0.634. The fraction of sp³-hybridized carbons (Fsp3) is 0.208. The number of amides is 2. The van der Waals surface area contributed by atoms with E-state index in [0.717, 1.165) is 34.9 Å². The summed E-state index contributed by atoms with van der Waals surface area (Å²) in [7, 11) is 0. The van der Waals surface area contributed by atoms with Crippen LogP contribution in [0.2, 0.25) is 0 Å². The molecular formula is C24H26N2O3S. The first-order valence-corrected chi connectivity index (χ1v) is 10.3. The van der Waals surface area contributed by atoms with Crippen LogP contribution in [-0.4, -0.2) is 19.2 Å². The monoisotopic (exact) mass is 422 g/mol. The van der Waals surface area contributed by atoms with Crippen molar-refractivity contribution in [2.24, 2.45) is 5.73 Å². The first kappa shape index (κ1) is 21.6. The number of primary amides is 1. The number of ether oxygens (including phenoxy) is 2. The van der Waals surface area contributed by atoms with Gasteiger partial charge in [0.05, 0.1) is 18.9 Å². The quantitative estimate of drug-likeness (QED) is 0.325. The lowest BCUT2D eigenvalue weighted by molar-refractivity contribution is 0.257. The second kappa shape index (κ2) is 11.2. The predicted octanol–water partition coefficient (Wildman–Crippen LogP) is 5.71. The number of anilines is 1. The van der Waals surface area contributed by atoms with Crippen molar-refractivity contribution in [3.63, 3.8) is 0 Å². The van der Waals surface area contributed by atoms with Gasteiger partial charge in [0.15, 0.2) is 0 Å². The Hall–Kier alpha value is -3.12. The summed E-state index contributed by atoms with van der Waals surface area (Å²) >= 11 is 4.06. The number of unbranched alkanes of at least 4 members (excludes halogenated alkanes) is 2. The van der Waals surface area contributed by atoms with E-state index in [4.69, 9.17) is 15.2 Å². The summed E-state index contributed by atoms with van der Waals surface area (Å²) in [6.45, 7) is 1.26. The lowest BCUT2D eigenvalue weighted by Gasteiger charge is -2.14. The van der Waals surface area contributed by atoms with E-state index >= 15 is 0 Å². The molecule has 0 spiro atoms. The Bertz CT molecular complexity index is 950. The highest BCUT2D eigenvalue weighted by molar-refractivity contribution is 7.82. The van der Waals surface area contributed by atoms with Crippen LogP contribution in [0.5, 0.6) is 11.5 Å². The number of carbonyl (C=O) groups excluding carboxylic acids is 1. The van der Waals surface area contributed by atoms with Gasteiger partial charge in [0.1, 0.15) is 11.5 Å². The third-order valence-corrected chi connectivity index (χ3v) is 4.97. The molecule has 30 heavy (non-hydrogen) atoms. The topological polar surface area (TPSA) is 64.8 Å². The summed E-state index contributed by atoms with van der Waals surface area (Å²) in [6.07, 6.45) is 2.86. The zero-order valence-electron chi connectivity index (χ0n) is 16.7. The molecule has 2 N–H and O–H groups in total.